The smallest absolute Gasteiger partial charge is 0.250 e. The molecule has 0 unspecified atom stereocenters. The monoisotopic (exact) mass is 327 g/mol. The molecule has 7 heteroatoms. The summed E-state index contributed by atoms with van der Waals surface area (Å²) in [6.45, 7) is 0.296. The minimum Gasteiger partial charge on any atom is -0.399 e. The number of primary amides is 1. The topological polar surface area (TPSA) is 81.1 Å². The summed E-state index contributed by atoms with van der Waals surface area (Å²) in [5.74, 6) is -1.15. The van der Waals surface area contributed by atoms with Gasteiger partial charge in [0.1, 0.15) is 5.82 Å². The summed E-state index contributed by atoms with van der Waals surface area (Å²) < 4.78 is 13.1. The van der Waals surface area contributed by atoms with Crippen LogP contribution in [-0.2, 0) is 6.54 Å². The molecule has 0 spiro atoms. The molecule has 0 aliphatic carbocycles. The first-order chi connectivity index (χ1) is 9.88. The minimum atomic E-state index is -0.649. The summed E-state index contributed by atoms with van der Waals surface area (Å²) in [7, 11) is 0. The number of anilines is 2. The second-order valence-corrected chi connectivity index (χ2v) is 5.21. The number of benzene rings is 2. The third kappa shape index (κ3) is 3.56. The zero-order chi connectivity index (χ0) is 15.6. The van der Waals surface area contributed by atoms with Crippen LogP contribution in [0.2, 0.25) is 10.0 Å². The summed E-state index contributed by atoms with van der Waals surface area (Å²) in [5.41, 5.74) is 12.6. The Bertz CT molecular complexity index is 707. The van der Waals surface area contributed by atoms with Crippen LogP contribution < -0.4 is 16.8 Å². The Labute approximate surface area is 130 Å². The van der Waals surface area contributed by atoms with E-state index >= 15 is 0 Å². The van der Waals surface area contributed by atoms with Gasteiger partial charge in [-0.25, -0.2) is 4.39 Å². The fraction of sp³-hybridized carbons (Fsp3) is 0.0714. The van der Waals surface area contributed by atoms with Gasteiger partial charge in [-0.3, -0.25) is 4.79 Å². The van der Waals surface area contributed by atoms with Gasteiger partial charge in [0.15, 0.2) is 0 Å². The van der Waals surface area contributed by atoms with Gasteiger partial charge in [0.05, 0.1) is 21.3 Å². The zero-order valence-corrected chi connectivity index (χ0v) is 12.3. The van der Waals surface area contributed by atoms with E-state index in [9.17, 15) is 9.18 Å². The molecule has 4 nitrogen and oxygen atoms in total. The van der Waals surface area contributed by atoms with Crippen molar-refractivity contribution in [3.8, 4) is 0 Å². The fourth-order valence-corrected chi connectivity index (χ4v) is 2.34. The highest BCUT2D eigenvalue weighted by Gasteiger charge is 2.13. The van der Waals surface area contributed by atoms with E-state index in [1.54, 1.807) is 6.07 Å². The maximum atomic E-state index is 13.1. The van der Waals surface area contributed by atoms with Crippen molar-refractivity contribution in [1.29, 1.82) is 0 Å². The predicted molar refractivity (Wildman–Crippen MR) is 83.1 cm³/mol. The molecule has 0 saturated heterocycles. The van der Waals surface area contributed by atoms with Gasteiger partial charge in [-0.2, -0.15) is 0 Å². The molecule has 0 heterocycles. The lowest BCUT2D eigenvalue weighted by Crippen LogP contribution is -2.15. The maximum absolute atomic E-state index is 13.1. The number of amides is 1. The van der Waals surface area contributed by atoms with Gasteiger partial charge < -0.3 is 16.8 Å². The van der Waals surface area contributed by atoms with E-state index in [0.29, 0.717) is 17.9 Å². The number of nitrogen functional groups attached to an aromatic ring is 1. The molecular formula is C14H12Cl2FN3O. The zero-order valence-electron chi connectivity index (χ0n) is 10.8. The molecule has 110 valence electrons. The largest absolute Gasteiger partial charge is 0.399 e. The van der Waals surface area contributed by atoms with Gasteiger partial charge in [0, 0.05) is 12.2 Å². The van der Waals surface area contributed by atoms with Crippen molar-refractivity contribution in [2.75, 3.05) is 11.1 Å². The Balaban J connectivity index is 2.27. The highest BCUT2D eigenvalue weighted by atomic mass is 35.5. The summed E-state index contributed by atoms with van der Waals surface area (Å²) >= 11 is 11.8. The molecule has 0 aromatic heterocycles. The van der Waals surface area contributed by atoms with E-state index in [-0.39, 0.29) is 15.6 Å². The molecule has 1 amide bonds. The Morgan fingerprint density at radius 3 is 2.52 bits per heavy atom. The van der Waals surface area contributed by atoms with Crippen LogP contribution in [0.1, 0.15) is 15.9 Å². The van der Waals surface area contributed by atoms with Gasteiger partial charge in [0.2, 0.25) is 0 Å². The summed E-state index contributed by atoms with van der Waals surface area (Å²) in [5, 5.41) is 3.28. The molecule has 0 aliphatic rings. The third-order valence-corrected chi connectivity index (χ3v) is 3.42. The van der Waals surface area contributed by atoms with Crippen LogP contribution in [0.15, 0.2) is 30.3 Å². The highest BCUT2D eigenvalue weighted by molar-refractivity contribution is 6.34. The van der Waals surface area contributed by atoms with Crippen molar-refractivity contribution in [2.45, 2.75) is 6.54 Å². The predicted octanol–water partition coefficient (Wildman–Crippen LogP) is 3.43. The lowest BCUT2D eigenvalue weighted by atomic mass is 10.1. The van der Waals surface area contributed by atoms with Gasteiger partial charge in [-0.05, 0) is 29.8 Å². The van der Waals surface area contributed by atoms with Crippen LogP contribution in [0.5, 0.6) is 0 Å². The second kappa shape index (κ2) is 6.20. The SMILES string of the molecule is NC(=O)c1cc(N)cc(Cl)c1NCc1ccc(F)c(Cl)c1. The van der Waals surface area contributed by atoms with Crippen LogP contribution >= 0.6 is 23.2 Å². The molecule has 2 aromatic carbocycles. The molecule has 0 fully saturated rings. The van der Waals surface area contributed by atoms with E-state index < -0.39 is 11.7 Å². The molecule has 0 aliphatic heterocycles. The van der Waals surface area contributed by atoms with Crippen molar-refractivity contribution in [3.05, 3.63) is 57.3 Å². The highest BCUT2D eigenvalue weighted by Crippen LogP contribution is 2.29. The summed E-state index contributed by atoms with van der Waals surface area (Å²) in [6.07, 6.45) is 0. The Morgan fingerprint density at radius 2 is 1.90 bits per heavy atom. The van der Waals surface area contributed by atoms with Gasteiger partial charge in [0.25, 0.3) is 5.91 Å². The van der Waals surface area contributed by atoms with Gasteiger partial charge >= 0.3 is 0 Å². The van der Waals surface area contributed by atoms with Crippen molar-refractivity contribution in [1.82, 2.24) is 0 Å². The average Bonchev–Trinajstić information content (AvgIpc) is 2.40. The summed E-state index contributed by atoms with van der Waals surface area (Å²) in [6, 6.07) is 7.27. The van der Waals surface area contributed by atoms with Crippen molar-refractivity contribution >= 4 is 40.5 Å². The number of nitrogens with one attached hydrogen (secondary N) is 1. The number of carbonyl (C=O) groups excluding carboxylic acids is 1. The first kappa shape index (κ1) is 15.4. The molecular weight excluding hydrogens is 316 g/mol. The Hall–Kier alpha value is -1.98. The normalized spacial score (nSPS) is 10.4. The Morgan fingerprint density at radius 1 is 1.19 bits per heavy atom. The average molecular weight is 328 g/mol. The van der Waals surface area contributed by atoms with Crippen molar-refractivity contribution in [2.24, 2.45) is 5.73 Å². The molecule has 0 radical (unpaired) electrons. The molecule has 21 heavy (non-hydrogen) atoms. The molecule has 2 rings (SSSR count). The number of hydrogen-bond acceptors (Lipinski definition) is 3. The Kier molecular flexibility index (Phi) is 4.55. The third-order valence-electron chi connectivity index (χ3n) is 2.83. The number of halogens is 3. The van der Waals surface area contributed by atoms with E-state index in [4.69, 9.17) is 34.7 Å². The quantitative estimate of drug-likeness (QED) is 0.752. The first-order valence-corrected chi connectivity index (χ1v) is 6.70. The van der Waals surface area contributed by atoms with Crippen LogP contribution in [0, 0.1) is 5.82 Å². The molecule has 0 atom stereocenters. The van der Waals surface area contributed by atoms with Gasteiger partial charge in [-0.15, -0.1) is 0 Å². The van der Waals surface area contributed by atoms with Crippen LogP contribution in [0.3, 0.4) is 0 Å². The van der Waals surface area contributed by atoms with Gasteiger partial charge in [-0.1, -0.05) is 29.3 Å². The lowest BCUT2D eigenvalue weighted by Gasteiger charge is -2.13. The van der Waals surface area contributed by atoms with Crippen molar-refractivity contribution < 1.29 is 9.18 Å². The maximum Gasteiger partial charge on any atom is 0.250 e. The molecule has 0 saturated carbocycles. The standard InChI is InChI=1S/C14H12Cl2FN3O/c15-10-3-7(1-2-12(10)17)6-20-13-9(14(19)21)4-8(18)5-11(13)16/h1-5,20H,6,18H2,(H2,19,21). The molecule has 0 bridgehead atoms. The van der Waals surface area contributed by atoms with Crippen LogP contribution in [0.25, 0.3) is 0 Å². The second-order valence-electron chi connectivity index (χ2n) is 4.39. The minimum absolute atomic E-state index is 0.0211. The number of carbonyl (C=O) groups is 1. The van der Waals surface area contributed by atoms with E-state index in [1.807, 2.05) is 0 Å². The lowest BCUT2D eigenvalue weighted by molar-refractivity contribution is 0.100. The number of rotatable bonds is 4. The fourth-order valence-electron chi connectivity index (χ4n) is 1.84. The first-order valence-electron chi connectivity index (χ1n) is 5.95. The summed E-state index contributed by atoms with van der Waals surface area (Å²) in [4.78, 5) is 11.4. The van der Waals surface area contributed by atoms with E-state index in [0.717, 1.165) is 5.56 Å². The van der Waals surface area contributed by atoms with Crippen LogP contribution in [0.4, 0.5) is 15.8 Å². The van der Waals surface area contributed by atoms with E-state index in [2.05, 4.69) is 5.32 Å². The van der Waals surface area contributed by atoms with Crippen molar-refractivity contribution in [3.63, 3.8) is 0 Å². The van der Waals surface area contributed by atoms with Crippen LogP contribution in [-0.4, -0.2) is 5.91 Å². The van der Waals surface area contributed by atoms with E-state index in [1.165, 1.54) is 24.3 Å². The number of hydrogen-bond donors (Lipinski definition) is 3. The molecule has 2 aromatic rings. The molecule has 5 N–H and O–H groups in total. The number of nitrogens with two attached hydrogens (primary N) is 2.